The van der Waals surface area contributed by atoms with Gasteiger partial charge in [0, 0.05) is 13.1 Å². The second-order valence-electron chi connectivity index (χ2n) is 4.14. The van der Waals surface area contributed by atoms with Gasteiger partial charge in [-0.1, -0.05) is 11.6 Å². The first-order valence-electron chi connectivity index (χ1n) is 5.31. The summed E-state index contributed by atoms with van der Waals surface area (Å²) in [5.74, 6) is -0.836. The van der Waals surface area contributed by atoms with E-state index in [2.05, 4.69) is 0 Å². The third kappa shape index (κ3) is 3.32. The molecule has 4 heteroatoms. The molecule has 0 aromatic rings. The molecule has 15 heavy (non-hydrogen) atoms. The maximum absolute atomic E-state index is 11.0. The van der Waals surface area contributed by atoms with Crippen LogP contribution in [-0.4, -0.2) is 46.3 Å². The van der Waals surface area contributed by atoms with Crippen molar-refractivity contribution >= 4 is 5.97 Å². The van der Waals surface area contributed by atoms with Gasteiger partial charge in [0.2, 0.25) is 0 Å². The topological polar surface area (TPSA) is 60.8 Å². The van der Waals surface area contributed by atoms with Crippen LogP contribution >= 0.6 is 0 Å². The lowest BCUT2D eigenvalue weighted by molar-refractivity contribution is -0.146. The van der Waals surface area contributed by atoms with E-state index < -0.39 is 18.1 Å². The second kappa shape index (κ2) is 5.28. The van der Waals surface area contributed by atoms with Crippen LogP contribution < -0.4 is 0 Å². The average molecular weight is 213 g/mol. The predicted octanol–water partition coefficient (Wildman–Crippen LogP) is 0.863. The Morgan fingerprint density at radius 2 is 2.27 bits per heavy atom. The number of carboxylic acids is 1. The average Bonchev–Trinajstić information content (AvgIpc) is 2.20. The summed E-state index contributed by atoms with van der Waals surface area (Å²) >= 11 is 0. The van der Waals surface area contributed by atoms with Gasteiger partial charge in [0.05, 0.1) is 6.10 Å². The fourth-order valence-electron chi connectivity index (χ4n) is 1.85. The number of aliphatic hydroxyl groups is 1. The molecule has 0 amide bonds. The van der Waals surface area contributed by atoms with Crippen LogP contribution in [0, 0.1) is 0 Å². The van der Waals surface area contributed by atoms with Gasteiger partial charge >= 0.3 is 5.97 Å². The van der Waals surface area contributed by atoms with Crippen LogP contribution in [-0.2, 0) is 4.79 Å². The van der Waals surface area contributed by atoms with E-state index in [1.54, 1.807) is 0 Å². The molecule has 0 aromatic heterocycles. The fourth-order valence-corrected chi connectivity index (χ4v) is 1.85. The quantitative estimate of drug-likeness (QED) is 0.683. The van der Waals surface area contributed by atoms with Crippen LogP contribution in [0.5, 0.6) is 0 Å². The number of aliphatic hydroxyl groups excluding tert-OH is 1. The van der Waals surface area contributed by atoms with E-state index in [4.69, 9.17) is 5.11 Å². The number of hydrogen-bond acceptors (Lipinski definition) is 3. The van der Waals surface area contributed by atoms with E-state index in [0.29, 0.717) is 25.9 Å². The molecule has 1 saturated heterocycles. The zero-order valence-corrected chi connectivity index (χ0v) is 9.31. The molecule has 1 rings (SSSR count). The minimum absolute atomic E-state index is 0.340. The Labute approximate surface area is 90.2 Å². The first-order valence-corrected chi connectivity index (χ1v) is 5.31. The molecule has 4 nitrogen and oxygen atoms in total. The van der Waals surface area contributed by atoms with Crippen molar-refractivity contribution in [3.8, 4) is 0 Å². The van der Waals surface area contributed by atoms with Crippen molar-refractivity contribution in [3.63, 3.8) is 0 Å². The highest BCUT2D eigenvalue weighted by molar-refractivity contribution is 5.73. The van der Waals surface area contributed by atoms with Crippen LogP contribution in [0.1, 0.15) is 26.7 Å². The van der Waals surface area contributed by atoms with Gasteiger partial charge in [0.15, 0.2) is 0 Å². The molecule has 0 aromatic carbocycles. The molecular weight excluding hydrogens is 194 g/mol. The lowest BCUT2D eigenvalue weighted by Crippen LogP contribution is -2.49. The molecular formula is C11H19NO3. The summed E-state index contributed by atoms with van der Waals surface area (Å²) in [7, 11) is 0. The molecule has 1 aliphatic heterocycles. The van der Waals surface area contributed by atoms with E-state index in [-0.39, 0.29) is 0 Å². The highest BCUT2D eigenvalue weighted by Gasteiger charge is 2.32. The number of carboxylic acid groups (broad SMARTS) is 1. The van der Waals surface area contributed by atoms with Gasteiger partial charge in [0.1, 0.15) is 6.04 Å². The molecule has 2 atom stereocenters. The van der Waals surface area contributed by atoms with E-state index in [1.165, 1.54) is 0 Å². The summed E-state index contributed by atoms with van der Waals surface area (Å²) in [6, 6.07) is -0.538. The lowest BCUT2D eigenvalue weighted by Gasteiger charge is -2.35. The molecule has 0 spiro atoms. The number of aliphatic carboxylic acids is 1. The molecule has 86 valence electrons. The van der Waals surface area contributed by atoms with Gasteiger partial charge in [-0.25, -0.2) is 0 Å². The van der Waals surface area contributed by atoms with Crippen LogP contribution in [0.15, 0.2) is 11.6 Å². The number of hydrogen-bond donors (Lipinski definition) is 2. The lowest BCUT2D eigenvalue weighted by atomic mass is 9.99. The minimum atomic E-state index is -0.836. The van der Waals surface area contributed by atoms with Crippen molar-refractivity contribution in [1.82, 2.24) is 4.90 Å². The van der Waals surface area contributed by atoms with Crippen LogP contribution in [0.25, 0.3) is 0 Å². The number of rotatable bonds is 3. The van der Waals surface area contributed by atoms with E-state index in [0.717, 1.165) is 5.57 Å². The zero-order valence-electron chi connectivity index (χ0n) is 9.31. The third-order valence-corrected chi connectivity index (χ3v) is 2.92. The second-order valence-corrected chi connectivity index (χ2v) is 4.14. The molecule has 0 radical (unpaired) electrons. The van der Waals surface area contributed by atoms with E-state index >= 15 is 0 Å². The molecule has 1 heterocycles. The molecule has 0 unspecified atom stereocenters. The molecule has 0 aliphatic carbocycles. The first-order chi connectivity index (χ1) is 7.04. The van der Waals surface area contributed by atoms with Gasteiger partial charge in [-0.05, 0) is 26.7 Å². The van der Waals surface area contributed by atoms with Crippen LogP contribution in [0.3, 0.4) is 0 Å². The van der Waals surface area contributed by atoms with Gasteiger partial charge in [-0.3, -0.25) is 9.69 Å². The molecule has 1 aliphatic rings. The summed E-state index contributed by atoms with van der Waals surface area (Å²) in [5.41, 5.74) is 1.16. The normalized spacial score (nSPS) is 29.1. The summed E-state index contributed by atoms with van der Waals surface area (Å²) in [6.07, 6.45) is 2.53. The van der Waals surface area contributed by atoms with Crippen molar-refractivity contribution in [2.45, 2.75) is 38.8 Å². The van der Waals surface area contributed by atoms with Gasteiger partial charge < -0.3 is 10.2 Å². The van der Waals surface area contributed by atoms with Crippen molar-refractivity contribution in [1.29, 1.82) is 0 Å². The molecule has 1 fully saturated rings. The number of nitrogens with zero attached hydrogens (tertiary/aromatic N) is 1. The third-order valence-electron chi connectivity index (χ3n) is 2.92. The van der Waals surface area contributed by atoms with Crippen LogP contribution in [0.4, 0.5) is 0 Å². The van der Waals surface area contributed by atoms with Crippen molar-refractivity contribution in [2.24, 2.45) is 0 Å². The highest BCUT2D eigenvalue weighted by atomic mass is 16.4. The Morgan fingerprint density at radius 1 is 1.60 bits per heavy atom. The van der Waals surface area contributed by atoms with Crippen molar-refractivity contribution in [3.05, 3.63) is 11.6 Å². The maximum atomic E-state index is 11.0. The molecule has 2 N–H and O–H groups in total. The number of likely N-dealkylation sites (tertiary alicyclic amines) is 1. The van der Waals surface area contributed by atoms with Crippen molar-refractivity contribution in [2.75, 3.05) is 13.1 Å². The predicted molar refractivity (Wildman–Crippen MR) is 57.7 cm³/mol. The van der Waals surface area contributed by atoms with E-state index in [9.17, 15) is 9.90 Å². The summed E-state index contributed by atoms with van der Waals surface area (Å²) in [4.78, 5) is 12.9. The zero-order chi connectivity index (χ0) is 11.4. The molecule has 0 bridgehead atoms. The van der Waals surface area contributed by atoms with Gasteiger partial charge in [-0.15, -0.1) is 0 Å². The summed E-state index contributed by atoms with van der Waals surface area (Å²) < 4.78 is 0. The van der Waals surface area contributed by atoms with Crippen molar-refractivity contribution < 1.29 is 15.0 Å². The van der Waals surface area contributed by atoms with E-state index in [1.807, 2.05) is 24.8 Å². The Morgan fingerprint density at radius 3 is 2.80 bits per heavy atom. The first kappa shape index (κ1) is 12.2. The Hall–Kier alpha value is -0.870. The standard InChI is InChI=1S/C11H19NO3/c1-3-8(2)7-12-5-4-9(13)6-10(12)11(14)15/h3,9-10,13H,4-7H2,1-2H3,(H,14,15)/t9-,10+/m0/s1. The molecule has 0 saturated carbocycles. The maximum Gasteiger partial charge on any atom is 0.321 e. The SMILES string of the molecule is CC=C(C)CN1CC[C@H](O)C[C@@H]1C(=O)O. The number of piperidine rings is 1. The smallest absolute Gasteiger partial charge is 0.321 e. The summed E-state index contributed by atoms with van der Waals surface area (Å²) in [5, 5.41) is 18.5. The monoisotopic (exact) mass is 213 g/mol. The minimum Gasteiger partial charge on any atom is -0.480 e. The van der Waals surface area contributed by atoms with Crippen LogP contribution in [0.2, 0.25) is 0 Å². The largest absolute Gasteiger partial charge is 0.480 e. The fraction of sp³-hybridized carbons (Fsp3) is 0.727. The number of carbonyl (C=O) groups is 1. The van der Waals surface area contributed by atoms with Gasteiger partial charge in [0.25, 0.3) is 0 Å². The van der Waals surface area contributed by atoms with Gasteiger partial charge in [-0.2, -0.15) is 0 Å². The Balaban J connectivity index is 2.64. The highest BCUT2D eigenvalue weighted by Crippen LogP contribution is 2.18. The Bertz CT molecular complexity index is 263. The Kier molecular flexibility index (Phi) is 4.29. The number of allylic oxidation sites excluding steroid dienone is 1. The summed E-state index contributed by atoms with van der Waals surface area (Å²) in [6.45, 7) is 5.28.